The fourth-order valence-corrected chi connectivity index (χ4v) is 12.0. The number of hydrogen-bond acceptors (Lipinski definition) is 22. The van der Waals surface area contributed by atoms with Crippen molar-refractivity contribution in [1.29, 1.82) is 0 Å². The van der Waals surface area contributed by atoms with Gasteiger partial charge in [-0.3, -0.25) is 77.3 Å². The second kappa shape index (κ2) is 51.2. The van der Waals surface area contributed by atoms with Crippen LogP contribution in [0.25, 0.3) is 0 Å². The van der Waals surface area contributed by atoms with Gasteiger partial charge in [0.1, 0.15) is 66.2 Å². The molecule has 1 saturated heterocycles. The van der Waals surface area contributed by atoms with Crippen LogP contribution in [0.2, 0.25) is 0 Å². The predicted octanol–water partition coefficient (Wildman–Crippen LogP) is -7.10. The van der Waals surface area contributed by atoms with Gasteiger partial charge in [-0.05, 0) is 145 Å². The standard InChI is InChI=1S/C69H115N25O14S2/c1-39(2)32-49(91-62(104)50(34-40-14-4-3-5-15-40)85-55(97)36-83-54(96)35-84-57(99)43(72)33-41-22-24-42(95)25-23-41)61(103)88-46(18-10-28-80-67(74)75)58(100)87-47(19-11-29-81-68(76)77)60(102)93-52(38-110)64(106)90-48(20-12-30-82-69(78)79)66(108)94-31-13-21-53(94)65(107)89-45(17-7-9-27-71)59(101)92-51(37-109)63(105)86-44(56(73)98)16-6-8-26-70/h3-5,14-15,22-25,39,43-53,95,109-110H,6-13,16-21,26-38,70-72H2,1-2H3,(H2,73,98)(H,83,96)(H,84,99)(H,85,97)(H,86,105)(H,87,100)(H,88,103)(H,89,107)(H,90,106)(H,91,104)(H,92,101)(H,93,102)(H4,74,75,80)(H4,76,77,81)(H4,78,79,82)/t43-,44-,45-,46-,47-,48-,49-,50-,51+,52+,53-/m0/s1. The van der Waals surface area contributed by atoms with E-state index in [0.717, 1.165) is 0 Å². The first kappa shape index (κ1) is 93.9. The highest BCUT2D eigenvalue weighted by atomic mass is 32.1. The van der Waals surface area contributed by atoms with Gasteiger partial charge in [0.25, 0.3) is 0 Å². The number of hydrogen-bond donors (Lipinski definition) is 24. The molecule has 0 aliphatic carbocycles. The number of phenolic OH excluding ortho intramolecular Hbond substituents is 1. The number of aliphatic imine (C=N–C) groups is 3. The van der Waals surface area contributed by atoms with E-state index >= 15 is 0 Å². The maximum Gasteiger partial charge on any atom is 0.245 e. The number of carbonyl (C=O) groups is 13. The Bertz CT molecular complexity index is 3420. The minimum Gasteiger partial charge on any atom is -0.508 e. The zero-order chi connectivity index (χ0) is 81.8. The Labute approximate surface area is 650 Å². The Hall–Kier alpha value is -10.3. The number of aromatic hydroxyl groups is 1. The van der Waals surface area contributed by atoms with E-state index in [1.54, 1.807) is 56.3 Å². The quantitative estimate of drug-likeness (QED) is 0.0127. The highest BCUT2D eigenvalue weighted by molar-refractivity contribution is 7.80. The Balaban J connectivity index is 1.91. The second-order valence-corrected chi connectivity index (χ2v) is 27.5. The number of primary amides is 1. The molecule has 2 aromatic carbocycles. The summed E-state index contributed by atoms with van der Waals surface area (Å²) >= 11 is 8.65. The molecule has 0 saturated carbocycles. The molecule has 0 spiro atoms. The lowest BCUT2D eigenvalue weighted by atomic mass is 10.00. The summed E-state index contributed by atoms with van der Waals surface area (Å²) < 4.78 is 0. The van der Waals surface area contributed by atoms with Crippen molar-refractivity contribution in [3.63, 3.8) is 0 Å². The van der Waals surface area contributed by atoms with Crippen molar-refractivity contribution in [2.75, 3.05) is 63.9 Å². The van der Waals surface area contributed by atoms with Crippen LogP contribution in [-0.4, -0.2) is 235 Å². The molecule has 1 aliphatic heterocycles. The molecule has 110 heavy (non-hydrogen) atoms. The zero-order valence-corrected chi connectivity index (χ0v) is 64.2. The number of amides is 13. The van der Waals surface area contributed by atoms with E-state index in [-0.39, 0.29) is 151 Å². The normalized spacial score (nSPS) is 15.1. The Morgan fingerprint density at radius 2 is 0.873 bits per heavy atom. The highest BCUT2D eigenvalue weighted by Crippen LogP contribution is 2.22. The van der Waals surface area contributed by atoms with Crippen molar-refractivity contribution < 1.29 is 67.4 Å². The van der Waals surface area contributed by atoms with Crippen LogP contribution in [0, 0.1) is 5.92 Å². The van der Waals surface area contributed by atoms with Gasteiger partial charge >= 0.3 is 0 Å². The van der Waals surface area contributed by atoms with Crippen LogP contribution in [0.4, 0.5) is 0 Å². The summed E-state index contributed by atoms with van der Waals surface area (Å²) in [4.78, 5) is 194. The summed E-state index contributed by atoms with van der Waals surface area (Å²) in [5.41, 5.74) is 57.9. The summed E-state index contributed by atoms with van der Waals surface area (Å²) in [5.74, 6) is -12.2. The van der Waals surface area contributed by atoms with E-state index in [0.29, 0.717) is 49.8 Å². The summed E-state index contributed by atoms with van der Waals surface area (Å²) in [6, 6.07) is 0.151. The SMILES string of the molecule is CC(C)C[C@H](NC(=O)[C@H](Cc1ccccc1)NC(=O)CNC(=O)CNC(=O)[C@@H](N)Cc1ccc(O)cc1)C(=O)N[C@@H](CCCN=C(N)N)C(=O)N[C@@H](CCCN=C(N)N)C(=O)N[C@H](CS)C(=O)N[C@@H](CCCN=C(N)N)C(=O)N1CCC[C@H]1C(=O)N[C@@H](CCCCN)C(=O)N[C@H](CS)C(=O)N[C@@H](CCCCN)C(N)=O. The van der Waals surface area contributed by atoms with Crippen molar-refractivity contribution in [3.05, 3.63) is 65.7 Å². The molecule has 612 valence electrons. The van der Waals surface area contributed by atoms with Crippen LogP contribution in [0.15, 0.2) is 69.6 Å². The number of nitrogens with one attached hydrogen (secondary N) is 11. The van der Waals surface area contributed by atoms with Crippen LogP contribution in [0.5, 0.6) is 5.75 Å². The maximum atomic E-state index is 14.8. The number of unbranched alkanes of at least 4 members (excludes halogenated alkanes) is 2. The van der Waals surface area contributed by atoms with E-state index in [1.165, 1.54) is 17.0 Å². The Morgan fingerprint density at radius 3 is 1.35 bits per heavy atom. The first-order valence-electron chi connectivity index (χ1n) is 36.5. The molecule has 1 aliphatic rings. The molecule has 41 heteroatoms. The molecular weight excluding hydrogens is 1470 g/mol. The fraction of sp³-hybridized carbons (Fsp3) is 0.594. The fourth-order valence-electron chi connectivity index (χ4n) is 11.4. The van der Waals surface area contributed by atoms with Gasteiger partial charge in [0.2, 0.25) is 76.8 Å². The van der Waals surface area contributed by atoms with Crippen molar-refractivity contribution in [3.8, 4) is 5.75 Å². The molecule has 0 unspecified atom stereocenters. The van der Waals surface area contributed by atoms with E-state index in [1.807, 2.05) is 0 Å². The maximum absolute atomic E-state index is 14.8. The number of rotatable bonds is 52. The van der Waals surface area contributed by atoms with Gasteiger partial charge in [0, 0.05) is 44.1 Å². The number of guanidine groups is 3. The van der Waals surface area contributed by atoms with Crippen LogP contribution < -0.4 is 116 Å². The molecule has 0 radical (unpaired) electrons. The van der Waals surface area contributed by atoms with Crippen molar-refractivity contribution >= 4 is 120 Å². The highest BCUT2D eigenvalue weighted by Gasteiger charge is 2.41. The van der Waals surface area contributed by atoms with E-state index in [2.05, 4.69) is 98.7 Å². The first-order valence-corrected chi connectivity index (χ1v) is 37.8. The number of phenols is 1. The third kappa shape index (κ3) is 36.3. The summed E-state index contributed by atoms with van der Waals surface area (Å²) in [6.45, 7) is 2.91. The minimum atomic E-state index is -1.53. The van der Waals surface area contributed by atoms with Crippen molar-refractivity contribution in [1.82, 2.24) is 63.4 Å². The van der Waals surface area contributed by atoms with Gasteiger partial charge in [0.15, 0.2) is 17.9 Å². The Kier molecular flexibility index (Phi) is 43.7. The number of nitrogens with two attached hydrogens (primary N) is 10. The van der Waals surface area contributed by atoms with Gasteiger partial charge in [-0.25, -0.2) is 0 Å². The van der Waals surface area contributed by atoms with Gasteiger partial charge in [0.05, 0.1) is 19.1 Å². The van der Waals surface area contributed by atoms with Crippen molar-refractivity contribution in [2.24, 2.45) is 78.2 Å². The average Bonchev–Trinajstić information content (AvgIpc) is 1.63. The third-order valence-corrected chi connectivity index (χ3v) is 18.0. The topological polar surface area (TPSA) is 675 Å². The molecule has 2 aromatic rings. The second-order valence-electron chi connectivity index (χ2n) is 26.8. The number of likely N-dealkylation sites (tertiary alicyclic amines) is 1. The summed E-state index contributed by atoms with van der Waals surface area (Å²) in [6.07, 6.45) is 2.35. The lowest BCUT2D eigenvalue weighted by Gasteiger charge is -2.31. The number of benzene rings is 2. The molecule has 0 aromatic heterocycles. The third-order valence-electron chi connectivity index (χ3n) is 17.2. The number of carbonyl (C=O) groups excluding carboxylic acids is 13. The molecule has 11 atom stereocenters. The Morgan fingerprint density at radius 1 is 0.464 bits per heavy atom. The largest absolute Gasteiger partial charge is 0.508 e. The molecule has 32 N–H and O–H groups in total. The lowest BCUT2D eigenvalue weighted by Crippen LogP contribution is -2.61. The van der Waals surface area contributed by atoms with E-state index in [4.69, 9.17) is 57.3 Å². The summed E-state index contributed by atoms with van der Waals surface area (Å²) in [5, 5.41) is 38.3. The van der Waals surface area contributed by atoms with Crippen LogP contribution >= 0.6 is 25.3 Å². The van der Waals surface area contributed by atoms with Crippen LogP contribution in [0.1, 0.15) is 121 Å². The smallest absolute Gasteiger partial charge is 0.245 e. The van der Waals surface area contributed by atoms with E-state index < -0.39 is 156 Å². The van der Waals surface area contributed by atoms with Gasteiger partial charge < -0.3 is 126 Å². The molecule has 13 amide bonds. The molecular formula is C69H115N25O14S2. The average molecular weight is 1580 g/mol. The predicted molar refractivity (Wildman–Crippen MR) is 420 cm³/mol. The van der Waals surface area contributed by atoms with Gasteiger partial charge in [-0.1, -0.05) is 56.3 Å². The van der Waals surface area contributed by atoms with Crippen molar-refractivity contribution in [2.45, 2.75) is 189 Å². The lowest BCUT2D eigenvalue weighted by molar-refractivity contribution is -0.142. The summed E-state index contributed by atoms with van der Waals surface area (Å²) in [7, 11) is 0. The molecule has 0 bridgehead atoms. The molecule has 3 rings (SSSR count). The van der Waals surface area contributed by atoms with E-state index in [9.17, 15) is 67.4 Å². The monoisotopic (exact) mass is 1580 g/mol. The van der Waals surface area contributed by atoms with Crippen LogP contribution in [0.3, 0.4) is 0 Å². The first-order chi connectivity index (χ1) is 52.3. The minimum absolute atomic E-state index is 0.00109. The van der Waals surface area contributed by atoms with Crippen LogP contribution in [-0.2, 0) is 75.2 Å². The zero-order valence-electron chi connectivity index (χ0n) is 62.4. The number of nitrogens with zero attached hydrogens (tertiary/aromatic N) is 4. The molecule has 1 fully saturated rings. The molecule has 1 heterocycles. The molecule has 39 nitrogen and oxygen atoms in total. The van der Waals surface area contributed by atoms with Gasteiger partial charge in [-0.2, -0.15) is 25.3 Å². The van der Waals surface area contributed by atoms with Gasteiger partial charge in [-0.15, -0.1) is 0 Å². The number of thiol groups is 2.